The van der Waals surface area contributed by atoms with Crippen LogP contribution in [-0.4, -0.2) is 21.2 Å². The number of para-hydroxylation sites is 1. The quantitative estimate of drug-likeness (QED) is 0.494. The number of nitrogens with one attached hydrogen (secondary N) is 2. The summed E-state index contributed by atoms with van der Waals surface area (Å²) in [5.74, 6) is 0. The topological polar surface area (TPSA) is 48.0 Å². The lowest BCUT2D eigenvalue weighted by molar-refractivity contribution is -0.0628. The first-order valence-electron chi connectivity index (χ1n) is 9.68. The molecule has 0 radical (unpaired) electrons. The minimum absolute atomic E-state index is 0.292. The first kappa shape index (κ1) is 17.2. The molecule has 3 aromatic rings. The fourth-order valence-corrected chi connectivity index (χ4v) is 5.89. The number of H-pyrrole nitrogens is 1. The summed E-state index contributed by atoms with van der Waals surface area (Å²) in [5, 5.41) is 17.2. The van der Waals surface area contributed by atoms with E-state index in [1.807, 2.05) is 12.3 Å². The van der Waals surface area contributed by atoms with Crippen LogP contribution in [0.5, 0.6) is 0 Å². The van der Waals surface area contributed by atoms with Crippen LogP contribution in [0.4, 0.5) is 5.69 Å². The minimum Gasteiger partial charge on any atom is -0.387 e. The highest BCUT2D eigenvalue weighted by molar-refractivity contribution is 6.34. The lowest BCUT2D eigenvalue weighted by Gasteiger charge is -2.55. The monoisotopic (exact) mass is 380 g/mol. The summed E-state index contributed by atoms with van der Waals surface area (Å²) >= 11 is 6.76. The van der Waals surface area contributed by atoms with Crippen molar-refractivity contribution in [3.63, 3.8) is 0 Å². The SMILES string of the molecule is CC1(C)Nc2cc(Cl)c(-c3cccc4cc[nH]c34)cc2C2(C)CCCC12O. The molecular formula is C23H25ClN2O. The Hall–Kier alpha value is -1.97. The Balaban J connectivity index is 1.78. The van der Waals surface area contributed by atoms with Gasteiger partial charge in [-0.3, -0.25) is 0 Å². The molecule has 2 aromatic carbocycles. The van der Waals surface area contributed by atoms with Gasteiger partial charge in [-0.2, -0.15) is 0 Å². The third-order valence-electron chi connectivity index (χ3n) is 7.19. The molecule has 4 heteroatoms. The van der Waals surface area contributed by atoms with Gasteiger partial charge in [0.05, 0.1) is 21.7 Å². The van der Waals surface area contributed by atoms with Crippen LogP contribution in [0.15, 0.2) is 42.6 Å². The molecule has 0 spiro atoms. The van der Waals surface area contributed by atoms with E-state index in [-0.39, 0.29) is 5.41 Å². The second-order valence-electron chi connectivity index (χ2n) is 8.92. The second kappa shape index (κ2) is 5.30. The van der Waals surface area contributed by atoms with Crippen LogP contribution in [0.3, 0.4) is 0 Å². The zero-order valence-electron chi connectivity index (χ0n) is 16.0. The number of halogens is 1. The number of anilines is 1. The summed E-state index contributed by atoms with van der Waals surface area (Å²) in [6.45, 7) is 6.41. The van der Waals surface area contributed by atoms with Crippen molar-refractivity contribution in [2.75, 3.05) is 5.32 Å². The molecule has 27 heavy (non-hydrogen) atoms. The van der Waals surface area contributed by atoms with Crippen molar-refractivity contribution in [2.24, 2.45) is 0 Å². The number of aromatic amines is 1. The maximum Gasteiger partial charge on any atom is 0.0964 e. The van der Waals surface area contributed by atoms with Gasteiger partial charge in [0.2, 0.25) is 0 Å². The molecule has 1 aliphatic carbocycles. The third-order valence-corrected chi connectivity index (χ3v) is 7.50. The summed E-state index contributed by atoms with van der Waals surface area (Å²) in [6.07, 6.45) is 4.78. The van der Waals surface area contributed by atoms with Gasteiger partial charge in [0, 0.05) is 28.4 Å². The Morgan fingerprint density at radius 3 is 2.67 bits per heavy atom. The van der Waals surface area contributed by atoms with Crippen LogP contribution in [0.2, 0.25) is 5.02 Å². The van der Waals surface area contributed by atoms with Crippen molar-refractivity contribution in [1.29, 1.82) is 0 Å². The first-order valence-corrected chi connectivity index (χ1v) is 10.1. The Labute approximate surface area is 164 Å². The van der Waals surface area contributed by atoms with E-state index in [4.69, 9.17) is 11.6 Å². The average molecular weight is 381 g/mol. The van der Waals surface area contributed by atoms with Crippen LogP contribution in [0.1, 0.15) is 45.6 Å². The van der Waals surface area contributed by atoms with Crippen LogP contribution in [0, 0.1) is 0 Å². The van der Waals surface area contributed by atoms with Gasteiger partial charge in [-0.15, -0.1) is 0 Å². The number of hydrogen-bond donors (Lipinski definition) is 3. The zero-order valence-corrected chi connectivity index (χ0v) is 16.7. The summed E-state index contributed by atoms with van der Waals surface area (Å²) < 4.78 is 0. The summed E-state index contributed by atoms with van der Waals surface area (Å²) in [7, 11) is 0. The number of aliphatic hydroxyl groups is 1. The van der Waals surface area contributed by atoms with E-state index in [0.717, 1.165) is 46.6 Å². The van der Waals surface area contributed by atoms with Crippen molar-refractivity contribution in [3.8, 4) is 11.1 Å². The molecule has 2 heterocycles. The highest BCUT2D eigenvalue weighted by Gasteiger charge is 2.62. The van der Waals surface area contributed by atoms with E-state index in [0.29, 0.717) is 0 Å². The van der Waals surface area contributed by atoms with Crippen molar-refractivity contribution < 1.29 is 5.11 Å². The van der Waals surface area contributed by atoms with Crippen LogP contribution in [0.25, 0.3) is 22.0 Å². The zero-order chi connectivity index (χ0) is 19.0. The van der Waals surface area contributed by atoms with E-state index in [2.05, 4.69) is 61.4 Å². The van der Waals surface area contributed by atoms with Gasteiger partial charge >= 0.3 is 0 Å². The van der Waals surface area contributed by atoms with Crippen molar-refractivity contribution in [3.05, 3.63) is 53.2 Å². The van der Waals surface area contributed by atoms with Crippen molar-refractivity contribution in [2.45, 2.75) is 56.6 Å². The van der Waals surface area contributed by atoms with Gasteiger partial charge in [0.25, 0.3) is 0 Å². The molecule has 0 amide bonds. The van der Waals surface area contributed by atoms with Crippen molar-refractivity contribution >= 4 is 28.2 Å². The molecule has 0 saturated heterocycles. The lowest BCUT2D eigenvalue weighted by Crippen LogP contribution is -2.65. The van der Waals surface area contributed by atoms with Gasteiger partial charge in [-0.25, -0.2) is 0 Å². The van der Waals surface area contributed by atoms with E-state index < -0.39 is 11.1 Å². The lowest BCUT2D eigenvalue weighted by atomic mass is 9.60. The molecular weight excluding hydrogens is 356 g/mol. The molecule has 2 unspecified atom stereocenters. The Morgan fingerprint density at radius 1 is 1.04 bits per heavy atom. The third kappa shape index (κ3) is 2.07. The van der Waals surface area contributed by atoms with E-state index in [9.17, 15) is 5.11 Å². The number of rotatable bonds is 1. The van der Waals surface area contributed by atoms with Crippen LogP contribution < -0.4 is 5.32 Å². The molecule has 3 N–H and O–H groups in total. The highest BCUT2D eigenvalue weighted by atomic mass is 35.5. The molecule has 3 nitrogen and oxygen atoms in total. The fourth-order valence-electron chi connectivity index (χ4n) is 5.63. The van der Waals surface area contributed by atoms with Gasteiger partial charge in [0.1, 0.15) is 0 Å². The summed E-state index contributed by atoms with van der Waals surface area (Å²) in [6, 6.07) is 12.6. The predicted octanol–water partition coefficient (Wildman–Crippen LogP) is 5.87. The largest absolute Gasteiger partial charge is 0.387 e. The molecule has 1 saturated carbocycles. The molecule has 2 aliphatic rings. The molecule has 2 atom stereocenters. The Bertz CT molecular complexity index is 1070. The number of benzene rings is 2. The normalized spacial score (nSPS) is 28.6. The molecule has 140 valence electrons. The maximum absolute atomic E-state index is 11.7. The van der Waals surface area contributed by atoms with E-state index in [1.54, 1.807) is 0 Å². The minimum atomic E-state index is -0.781. The Morgan fingerprint density at radius 2 is 1.85 bits per heavy atom. The maximum atomic E-state index is 11.7. The number of hydrogen-bond acceptors (Lipinski definition) is 2. The van der Waals surface area contributed by atoms with Crippen LogP contribution >= 0.6 is 11.6 Å². The Kier molecular flexibility index (Phi) is 3.37. The predicted molar refractivity (Wildman–Crippen MR) is 113 cm³/mol. The molecule has 5 rings (SSSR count). The van der Waals surface area contributed by atoms with Gasteiger partial charge in [0.15, 0.2) is 0 Å². The first-order chi connectivity index (χ1) is 12.8. The van der Waals surface area contributed by atoms with Gasteiger partial charge < -0.3 is 15.4 Å². The van der Waals surface area contributed by atoms with Gasteiger partial charge in [-0.1, -0.05) is 36.7 Å². The second-order valence-corrected chi connectivity index (χ2v) is 9.33. The smallest absolute Gasteiger partial charge is 0.0964 e. The van der Waals surface area contributed by atoms with Gasteiger partial charge in [-0.05, 0) is 62.3 Å². The van der Waals surface area contributed by atoms with Crippen LogP contribution in [-0.2, 0) is 5.41 Å². The standard InChI is InChI=1S/C23H25ClN2O/c1-21(2)23(27)10-5-9-22(23,3)17-12-16(18(24)13-19(17)26-21)15-7-4-6-14-8-11-25-20(14)15/h4,6-8,11-13,25-27H,5,9-10H2,1-3H3. The summed E-state index contributed by atoms with van der Waals surface area (Å²) in [4.78, 5) is 3.35. The molecule has 1 aromatic heterocycles. The summed E-state index contributed by atoms with van der Waals surface area (Å²) in [5.41, 5.74) is 3.94. The van der Waals surface area contributed by atoms with E-state index in [1.165, 1.54) is 10.9 Å². The molecule has 0 bridgehead atoms. The highest BCUT2D eigenvalue weighted by Crippen LogP contribution is 2.59. The average Bonchev–Trinajstić information content (AvgIpc) is 3.20. The number of fused-ring (bicyclic) bond motifs is 4. The van der Waals surface area contributed by atoms with E-state index >= 15 is 0 Å². The van der Waals surface area contributed by atoms with Crippen molar-refractivity contribution in [1.82, 2.24) is 4.98 Å². The molecule has 1 aliphatic heterocycles. The fraction of sp³-hybridized carbons (Fsp3) is 0.391. The number of aromatic nitrogens is 1. The molecule has 1 fully saturated rings.